The Labute approximate surface area is 152 Å². The molecule has 2 unspecified atom stereocenters. The number of ether oxygens (including phenoxy) is 1. The molecule has 2 aromatic rings. The summed E-state index contributed by atoms with van der Waals surface area (Å²) in [5.74, 6) is 0.668. The molecule has 1 amide bonds. The summed E-state index contributed by atoms with van der Waals surface area (Å²) in [7, 11) is 0. The van der Waals surface area contributed by atoms with Crippen LogP contribution in [0.4, 0.5) is 0 Å². The fourth-order valence-electron chi connectivity index (χ4n) is 2.71. The topological polar surface area (TPSA) is 38.3 Å². The number of carbonyl (C=O) groups is 1. The number of aryl methyl sites for hydroxylation is 2. The third-order valence-corrected chi connectivity index (χ3v) is 4.47. The van der Waals surface area contributed by atoms with Crippen molar-refractivity contribution in [3.63, 3.8) is 0 Å². The van der Waals surface area contributed by atoms with Gasteiger partial charge in [0.1, 0.15) is 5.75 Å². The fraction of sp³-hybridized carbons (Fsp3) is 0.350. The van der Waals surface area contributed by atoms with Gasteiger partial charge in [-0.2, -0.15) is 0 Å². The maximum atomic E-state index is 12.5. The largest absolute Gasteiger partial charge is 0.480 e. The highest BCUT2D eigenvalue weighted by molar-refractivity contribution is 9.10. The summed E-state index contributed by atoms with van der Waals surface area (Å²) in [6, 6.07) is 14.0. The summed E-state index contributed by atoms with van der Waals surface area (Å²) >= 11 is 3.48. The molecule has 0 fully saturated rings. The van der Waals surface area contributed by atoms with Crippen LogP contribution < -0.4 is 10.1 Å². The quantitative estimate of drug-likeness (QED) is 0.745. The average Bonchev–Trinajstić information content (AvgIpc) is 2.56. The van der Waals surface area contributed by atoms with E-state index in [4.69, 9.17) is 4.74 Å². The van der Waals surface area contributed by atoms with E-state index < -0.39 is 6.10 Å². The Balaban J connectivity index is 2.07. The second-order valence-corrected chi connectivity index (χ2v) is 6.92. The lowest BCUT2D eigenvalue weighted by atomic mass is 10.0. The van der Waals surface area contributed by atoms with Crippen LogP contribution in [-0.4, -0.2) is 12.0 Å². The third-order valence-electron chi connectivity index (χ3n) is 4.02. The Bertz CT molecular complexity index is 677. The minimum Gasteiger partial charge on any atom is -0.480 e. The molecule has 0 bridgehead atoms. The molecule has 24 heavy (non-hydrogen) atoms. The van der Waals surface area contributed by atoms with Crippen LogP contribution in [0.3, 0.4) is 0 Å². The first kappa shape index (κ1) is 18.5. The van der Waals surface area contributed by atoms with Crippen molar-refractivity contribution >= 4 is 21.8 Å². The SMILES string of the molecule is CCC(NC(=O)C(C)Oc1c(C)cc(Br)cc1C)c1ccccc1. The van der Waals surface area contributed by atoms with Crippen LogP contribution >= 0.6 is 15.9 Å². The van der Waals surface area contributed by atoms with Gasteiger partial charge in [-0.1, -0.05) is 53.2 Å². The highest BCUT2D eigenvalue weighted by Crippen LogP contribution is 2.28. The molecule has 0 saturated carbocycles. The molecular formula is C20H24BrNO2. The molecule has 0 aliphatic heterocycles. The summed E-state index contributed by atoms with van der Waals surface area (Å²) in [5.41, 5.74) is 3.13. The Hall–Kier alpha value is -1.81. The molecule has 0 radical (unpaired) electrons. The number of amides is 1. The summed E-state index contributed by atoms with van der Waals surface area (Å²) < 4.78 is 6.95. The van der Waals surface area contributed by atoms with Crippen molar-refractivity contribution in [2.24, 2.45) is 0 Å². The molecule has 3 nitrogen and oxygen atoms in total. The molecule has 2 rings (SSSR count). The summed E-state index contributed by atoms with van der Waals surface area (Å²) in [6.45, 7) is 7.81. The van der Waals surface area contributed by atoms with Crippen molar-refractivity contribution in [3.05, 3.63) is 63.6 Å². The van der Waals surface area contributed by atoms with E-state index in [1.165, 1.54) is 0 Å². The summed E-state index contributed by atoms with van der Waals surface area (Å²) in [4.78, 5) is 12.5. The highest BCUT2D eigenvalue weighted by Gasteiger charge is 2.20. The van der Waals surface area contributed by atoms with Gasteiger partial charge in [0.05, 0.1) is 6.04 Å². The lowest BCUT2D eigenvalue weighted by Gasteiger charge is -2.22. The number of hydrogen-bond acceptors (Lipinski definition) is 2. The molecular weight excluding hydrogens is 366 g/mol. The zero-order valence-electron chi connectivity index (χ0n) is 14.6. The predicted octanol–water partition coefficient (Wildman–Crippen LogP) is 5.10. The summed E-state index contributed by atoms with van der Waals surface area (Å²) in [6.07, 6.45) is 0.278. The van der Waals surface area contributed by atoms with Gasteiger partial charge in [0.15, 0.2) is 6.10 Å². The van der Waals surface area contributed by atoms with Gasteiger partial charge in [-0.15, -0.1) is 0 Å². The monoisotopic (exact) mass is 389 g/mol. The van der Waals surface area contributed by atoms with Gasteiger partial charge in [-0.25, -0.2) is 0 Å². The molecule has 128 valence electrons. The van der Waals surface area contributed by atoms with E-state index in [-0.39, 0.29) is 11.9 Å². The van der Waals surface area contributed by atoms with Crippen molar-refractivity contribution < 1.29 is 9.53 Å². The molecule has 2 aromatic carbocycles. The number of rotatable bonds is 6. The van der Waals surface area contributed by atoms with E-state index >= 15 is 0 Å². The maximum absolute atomic E-state index is 12.5. The van der Waals surface area contributed by atoms with E-state index in [1.807, 2.05) is 56.3 Å². The van der Waals surface area contributed by atoms with Crippen molar-refractivity contribution in [3.8, 4) is 5.75 Å². The van der Waals surface area contributed by atoms with Gasteiger partial charge < -0.3 is 10.1 Å². The Morgan fingerprint density at radius 3 is 2.29 bits per heavy atom. The number of halogens is 1. The lowest BCUT2D eigenvalue weighted by molar-refractivity contribution is -0.128. The van der Waals surface area contributed by atoms with Crippen LogP contribution in [0.5, 0.6) is 5.75 Å². The Morgan fingerprint density at radius 2 is 1.75 bits per heavy atom. The van der Waals surface area contributed by atoms with Gasteiger partial charge in [0, 0.05) is 4.47 Å². The summed E-state index contributed by atoms with van der Waals surface area (Å²) in [5, 5.41) is 3.08. The van der Waals surface area contributed by atoms with Crippen LogP contribution in [-0.2, 0) is 4.79 Å². The standard InChI is InChI=1S/C20H24BrNO2/c1-5-18(16-9-7-6-8-10-16)22-20(23)15(4)24-19-13(2)11-17(21)12-14(19)3/h6-12,15,18H,5H2,1-4H3,(H,22,23). The molecule has 4 heteroatoms. The number of carbonyl (C=O) groups excluding carboxylic acids is 1. The first-order valence-electron chi connectivity index (χ1n) is 8.21. The third kappa shape index (κ3) is 4.60. The maximum Gasteiger partial charge on any atom is 0.261 e. The van der Waals surface area contributed by atoms with Crippen LogP contribution in [0, 0.1) is 13.8 Å². The number of hydrogen-bond donors (Lipinski definition) is 1. The van der Waals surface area contributed by atoms with Crippen LogP contribution in [0.1, 0.15) is 43.0 Å². The average molecular weight is 390 g/mol. The Kier molecular flexibility index (Phi) is 6.44. The van der Waals surface area contributed by atoms with Crippen molar-refractivity contribution in [1.29, 1.82) is 0 Å². The van der Waals surface area contributed by atoms with E-state index in [0.29, 0.717) is 0 Å². The zero-order chi connectivity index (χ0) is 17.7. The van der Waals surface area contributed by atoms with Gasteiger partial charge in [-0.05, 0) is 56.0 Å². The van der Waals surface area contributed by atoms with Gasteiger partial charge in [-0.3, -0.25) is 4.79 Å². The molecule has 2 atom stereocenters. The van der Waals surface area contributed by atoms with E-state index in [9.17, 15) is 4.79 Å². The predicted molar refractivity (Wildman–Crippen MR) is 101 cm³/mol. The number of benzene rings is 2. The smallest absolute Gasteiger partial charge is 0.261 e. The lowest BCUT2D eigenvalue weighted by Crippen LogP contribution is -2.38. The van der Waals surface area contributed by atoms with E-state index in [0.717, 1.165) is 33.3 Å². The molecule has 1 N–H and O–H groups in total. The van der Waals surface area contributed by atoms with E-state index in [2.05, 4.69) is 28.2 Å². The molecule has 0 aliphatic rings. The number of nitrogens with one attached hydrogen (secondary N) is 1. The van der Waals surface area contributed by atoms with Crippen LogP contribution in [0.15, 0.2) is 46.9 Å². The molecule has 0 aliphatic carbocycles. The van der Waals surface area contributed by atoms with E-state index in [1.54, 1.807) is 6.92 Å². The minimum absolute atomic E-state index is 0.00291. The van der Waals surface area contributed by atoms with Gasteiger partial charge >= 0.3 is 0 Å². The first-order chi connectivity index (χ1) is 11.4. The van der Waals surface area contributed by atoms with Gasteiger partial charge in [0.25, 0.3) is 5.91 Å². The minimum atomic E-state index is -0.554. The molecule has 0 saturated heterocycles. The molecule has 0 spiro atoms. The molecule has 0 heterocycles. The van der Waals surface area contributed by atoms with Crippen molar-refractivity contribution in [2.45, 2.75) is 46.3 Å². The highest BCUT2D eigenvalue weighted by atomic mass is 79.9. The van der Waals surface area contributed by atoms with Crippen LogP contribution in [0.25, 0.3) is 0 Å². The second kappa shape index (κ2) is 8.34. The zero-order valence-corrected chi connectivity index (χ0v) is 16.2. The first-order valence-corrected chi connectivity index (χ1v) is 9.00. The van der Waals surface area contributed by atoms with Gasteiger partial charge in [0.2, 0.25) is 0 Å². The van der Waals surface area contributed by atoms with Crippen molar-refractivity contribution in [1.82, 2.24) is 5.32 Å². The van der Waals surface area contributed by atoms with Crippen LogP contribution in [0.2, 0.25) is 0 Å². The second-order valence-electron chi connectivity index (χ2n) is 6.01. The fourth-order valence-corrected chi connectivity index (χ4v) is 3.40. The normalized spacial score (nSPS) is 13.2. The molecule has 0 aromatic heterocycles. The Morgan fingerprint density at radius 1 is 1.17 bits per heavy atom. The van der Waals surface area contributed by atoms with Crippen molar-refractivity contribution in [2.75, 3.05) is 0 Å².